The predicted octanol–water partition coefficient (Wildman–Crippen LogP) is 2.22. The molecule has 2 rings (SSSR count). The van der Waals surface area contributed by atoms with Gasteiger partial charge in [0.1, 0.15) is 0 Å². The molecule has 3 N–H and O–H groups in total. The molecule has 20 heavy (non-hydrogen) atoms. The van der Waals surface area contributed by atoms with Gasteiger partial charge >= 0.3 is 0 Å². The number of halogens is 2. The summed E-state index contributed by atoms with van der Waals surface area (Å²) in [5.41, 5.74) is 1.21. The second-order valence-corrected chi connectivity index (χ2v) is 5.73. The maximum atomic E-state index is 13.0. The van der Waals surface area contributed by atoms with Crippen molar-refractivity contribution in [1.29, 1.82) is 0 Å². The molecule has 7 heteroatoms. The van der Waals surface area contributed by atoms with E-state index in [1.807, 2.05) is 0 Å². The molecule has 0 saturated heterocycles. The van der Waals surface area contributed by atoms with E-state index in [9.17, 15) is 17.2 Å². The quantitative estimate of drug-likeness (QED) is 0.909. The van der Waals surface area contributed by atoms with Gasteiger partial charge in [0.2, 0.25) is 10.0 Å². The molecule has 0 aliphatic carbocycles. The third-order valence-corrected chi connectivity index (χ3v) is 3.59. The zero-order valence-electron chi connectivity index (χ0n) is 10.3. The van der Waals surface area contributed by atoms with Crippen molar-refractivity contribution < 1.29 is 17.2 Å². The number of nitrogens with one attached hydrogen (secondary N) is 1. The summed E-state index contributed by atoms with van der Waals surface area (Å²) in [6.45, 7) is 0.284. The average molecular weight is 298 g/mol. The number of sulfonamides is 1. The smallest absolute Gasteiger partial charge is 0.238 e. The van der Waals surface area contributed by atoms with Crippen molar-refractivity contribution in [3.63, 3.8) is 0 Å². The Labute approximate surface area is 115 Å². The minimum absolute atomic E-state index is 0.0101. The summed E-state index contributed by atoms with van der Waals surface area (Å²) in [7, 11) is -3.72. The van der Waals surface area contributed by atoms with Crippen LogP contribution in [-0.4, -0.2) is 8.42 Å². The second kappa shape index (κ2) is 5.56. The van der Waals surface area contributed by atoms with E-state index in [0.717, 1.165) is 12.1 Å². The van der Waals surface area contributed by atoms with E-state index < -0.39 is 21.7 Å². The highest BCUT2D eigenvalue weighted by Crippen LogP contribution is 2.15. The lowest BCUT2D eigenvalue weighted by molar-refractivity contribution is 0.507. The van der Waals surface area contributed by atoms with Crippen LogP contribution in [0.1, 0.15) is 5.56 Å². The van der Waals surface area contributed by atoms with Crippen LogP contribution in [0.5, 0.6) is 0 Å². The van der Waals surface area contributed by atoms with Crippen molar-refractivity contribution in [2.24, 2.45) is 5.14 Å². The Morgan fingerprint density at radius 1 is 1.00 bits per heavy atom. The van der Waals surface area contributed by atoms with Crippen LogP contribution in [0.3, 0.4) is 0 Å². The highest BCUT2D eigenvalue weighted by atomic mass is 32.2. The maximum Gasteiger partial charge on any atom is 0.238 e. The molecule has 0 fully saturated rings. The molecule has 0 saturated carbocycles. The van der Waals surface area contributed by atoms with Gasteiger partial charge in [-0.25, -0.2) is 22.3 Å². The van der Waals surface area contributed by atoms with Crippen molar-refractivity contribution in [3.8, 4) is 0 Å². The maximum absolute atomic E-state index is 13.0. The van der Waals surface area contributed by atoms with Gasteiger partial charge in [0.25, 0.3) is 0 Å². The van der Waals surface area contributed by atoms with Gasteiger partial charge in [0.15, 0.2) is 11.6 Å². The van der Waals surface area contributed by atoms with Gasteiger partial charge in [-0.1, -0.05) is 6.07 Å². The van der Waals surface area contributed by atoms with Crippen molar-refractivity contribution in [1.82, 2.24) is 0 Å². The molecule has 0 unspecified atom stereocenters. The first-order chi connectivity index (χ1) is 9.36. The number of benzene rings is 2. The van der Waals surface area contributed by atoms with E-state index in [-0.39, 0.29) is 11.4 Å². The van der Waals surface area contributed by atoms with E-state index in [4.69, 9.17) is 5.14 Å². The Morgan fingerprint density at radius 2 is 1.65 bits per heavy atom. The van der Waals surface area contributed by atoms with E-state index in [2.05, 4.69) is 5.32 Å². The number of anilines is 1. The van der Waals surface area contributed by atoms with E-state index in [1.54, 1.807) is 12.1 Å². The number of rotatable bonds is 4. The molecular formula is C13H12F2N2O2S. The number of hydrogen-bond acceptors (Lipinski definition) is 3. The van der Waals surface area contributed by atoms with Gasteiger partial charge in [0.05, 0.1) is 4.90 Å². The van der Waals surface area contributed by atoms with Crippen LogP contribution in [0.15, 0.2) is 47.4 Å². The van der Waals surface area contributed by atoms with Crippen molar-refractivity contribution in [3.05, 3.63) is 59.7 Å². The van der Waals surface area contributed by atoms with E-state index in [0.29, 0.717) is 11.3 Å². The summed E-state index contributed by atoms with van der Waals surface area (Å²) in [6, 6.07) is 9.42. The highest BCUT2D eigenvalue weighted by Gasteiger charge is 2.07. The Kier molecular flexibility index (Phi) is 4.01. The molecular weight excluding hydrogens is 286 g/mol. The number of hydrogen-bond donors (Lipinski definition) is 2. The first kappa shape index (κ1) is 14.4. The normalized spacial score (nSPS) is 11.3. The van der Waals surface area contributed by atoms with Crippen LogP contribution in [0.2, 0.25) is 0 Å². The molecule has 0 atom stereocenters. The minimum Gasteiger partial charge on any atom is -0.381 e. The molecule has 2 aromatic carbocycles. The lowest BCUT2D eigenvalue weighted by Gasteiger charge is -2.07. The van der Waals surface area contributed by atoms with Gasteiger partial charge in [-0.15, -0.1) is 0 Å². The zero-order valence-corrected chi connectivity index (χ0v) is 11.1. The van der Waals surface area contributed by atoms with Crippen LogP contribution in [0.4, 0.5) is 14.5 Å². The van der Waals surface area contributed by atoms with Gasteiger partial charge in [-0.05, 0) is 42.0 Å². The molecule has 0 radical (unpaired) electrons. The fraction of sp³-hybridized carbons (Fsp3) is 0.0769. The Hall–Kier alpha value is -1.99. The third kappa shape index (κ3) is 3.52. The summed E-state index contributed by atoms with van der Waals surface area (Å²) in [5, 5.41) is 7.94. The SMILES string of the molecule is NS(=O)(=O)c1ccc(NCc2ccc(F)c(F)c2)cc1. The second-order valence-electron chi connectivity index (χ2n) is 4.17. The zero-order chi connectivity index (χ0) is 14.8. The number of primary sulfonamides is 1. The predicted molar refractivity (Wildman–Crippen MR) is 71.5 cm³/mol. The first-order valence-electron chi connectivity index (χ1n) is 5.67. The van der Waals surface area contributed by atoms with Gasteiger partial charge in [-0.3, -0.25) is 0 Å². The van der Waals surface area contributed by atoms with Crippen LogP contribution in [-0.2, 0) is 16.6 Å². The monoisotopic (exact) mass is 298 g/mol. The minimum atomic E-state index is -3.72. The topological polar surface area (TPSA) is 72.2 Å². The molecule has 2 aromatic rings. The summed E-state index contributed by atoms with van der Waals surface area (Å²) in [4.78, 5) is 0.0101. The first-order valence-corrected chi connectivity index (χ1v) is 7.21. The molecule has 0 spiro atoms. The summed E-state index contributed by atoms with van der Waals surface area (Å²) in [6.07, 6.45) is 0. The molecule has 0 aromatic heterocycles. The van der Waals surface area contributed by atoms with Crippen molar-refractivity contribution >= 4 is 15.7 Å². The van der Waals surface area contributed by atoms with Crippen LogP contribution in [0, 0.1) is 11.6 Å². The molecule has 0 aliphatic rings. The summed E-state index contributed by atoms with van der Waals surface area (Å²) < 4.78 is 47.9. The molecule has 0 aliphatic heterocycles. The van der Waals surface area contributed by atoms with Gasteiger partial charge in [-0.2, -0.15) is 0 Å². The summed E-state index contributed by atoms with van der Waals surface area (Å²) in [5.74, 6) is -1.81. The fourth-order valence-corrected chi connectivity index (χ4v) is 2.13. The molecule has 0 bridgehead atoms. The van der Waals surface area contributed by atoms with E-state index in [1.165, 1.54) is 18.2 Å². The lowest BCUT2D eigenvalue weighted by atomic mass is 10.2. The number of nitrogens with two attached hydrogens (primary N) is 1. The standard InChI is InChI=1S/C13H12F2N2O2S/c14-12-6-1-9(7-13(12)15)8-17-10-2-4-11(5-3-10)20(16,18)19/h1-7,17H,8H2,(H2,16,18,19). The summed E-state index contributed by atoms with van der Waals surface area (Å²) >= 11 is 0. The van der Waals surface area contributed by atoms with E-state index >= 15 is 0 Å². The van der Waals surface area contributed by atoms with Crippen LogP contribution in [0.25, 0.3) is 0 Å². The fourth-order valence-electron chi connectivity index (χ4n) is 1.62. The molecule has 0 heterocycles. The van der Waals surface area contributed by atoms with Crippen LogP contribution >= 0.6 is 0 Å². The van der Waals surface area contributed by atoms with Gasteiger partial charge in [0, 0.05) is 12.2 Å². The Balaban J connectivity index is 2.06. The Morgan fingerprint density at radius 3 is 2.20 bits per heavy atom. The van der Waals surface area contributed by atoms with Crippen molar-refractivity contribution in [2.75, 3.05) is 5.32 Å². The Bertz CT molecular complexity index is 716. The lowest BCUT2D eigenvalue weighted by Crippen LogP contribution is -2.12. The van der Waals surface area contributed by atoms with Crippen LogP contribution < -0.4 is 10.5 Å². The van der Waals surface area contributed by atoms with Gasteiger partial charge < -0.3 is 5.32 Å². The average Bonchev–Trinajstić information content (AvgIpc) is 2.40. The highest BCUT2D eigenvalue weighted by molar-refractivity contribution is 7.89. The van der Waals surface area contributed by atoms with Crippen molar-refractivity contribution in [2.45, 2.75) is 11.4 Å². The molecule has 4 nitrogen and oxygen atoms in total. The largest absolute Gasteiger partial charge is 0.381 e. The molecule has 0 amide bonds. The molecule has 106 valence electrons. The third-order valence-electron chi connectivity index (χ3n) is 2.66.